The number of pyridine rings is 1. The van der Waals surface area contributed by atoms with Crippen LogP contribution in [0.1, 0.15) is 66.0 Å². The van der Waals surface area contributed by atoms with Crippen molar-refractivity contribution in [2.45, 2.75) is 65.4 Å². The predicted molar refractivity (Wildman–Crippen MR) is 172 cm³/mol. The van der Waals surface area contributed by atoms with Crippen LogP contribution < -0.4 is 9.47 Å². The Morgan fingerprint density at radius 1 is 1.11 bits per heavy atom. The van der Waals surface area contributed by atoms with Gasteiger partial charge in [0.05, 0.1) is 35.4 Å². The summed E-state index contributed by atoms with van der Waals surface area (Å²) in [6, 6.07) is 13.2. The molecule has 0 bridgehead atoms. The maximum Gasteiger partial charge on any atom is 0.410 e. The van der Waals surface area contributed by atoms with Gasteiger partial charge in [-0.2, -0.15) is 0 Å². The molecule has 11 heteroatoms. The Bertz CT molecular complexity index is 1600. The molecular formula is C34H39Cl2N3O6. The Kier molecular flexibility index (Phi) is 9.27. The first-order valence-electron chi connectivity index (χ1n) is 14.9. The van der Waals surface area contributed by atoms with Crippen molar-refractivity contribution in [2.75, 3.05) is 26.7 Å². The Hall–Kier alpha value is -3.53. The Labute approximate surface area is 274 Å². The minimum atomic E-state index is -1.46. The highest BCUT2D eigenvalue weighted by molar-refractivity contribution is 6.37. The van der Waals surface area contributed by atoms with Gasteiger partial charge in [-0.25, -0.2) is 9.78 Å². The van der Waals surface area contributed by atoms with Gasteiger partial charge in [0.1, 0.15) is 18.0 Å². The summed E-state index contributed by atoms with van der Waals surface area (Å²) in [6.07, 6.45) is 0.0303. The Balaban J connectivity index is 1.40. The highest BCUT2D eigenvalue weighted by Gasteiger charge is 2.47. The topological polar surface area (TPSA) is 101 Å². The number of likely N-dealkylation sites (tertiary alicyclic amines) is 1. The van der Waals surface area contributed by atoms with Crippen LogP contribution in [-0.2, 0) is 29.9 Å². The van der Waals surface area contributed by atoms with Crippen LogP contribution >= 0.6 is 23.2 Å². The number of hydrogen-bond acceptors (Lipinski definition) is 7. The van der Waals surface area contributed by atoms with Gasteiger partial charge in [-0.1, -0.05) is 53.5 Å². The Morgan fingerprint density at radius 2 is 1.80 bits per heavy atom. The first-order valence-corrected chi connectivity index (χ1v) is 15.7. The third-order valence-corrected chi connectivity index (χ3v) is 9.01. The normalized spacial score (nSPS) is 16.5. The smallest absolute Gasteiger partial charge is 0.410 e. The molecule has 0 saturated carbocycles. The predicted octanol–water partition coefficient (Wildman–Crippen LogP) is 6.56. The molecule has 1 saturated heterocycles. The van der Waals surface area contributed by atoms with E-state index in [1.54, 1.807) is 45.8 Å². The van der Waals surface area contributed by atoms with E-state index < -0.39 is 17.3 Å². The molecule has 2 aliphatic heterocycles. The van der Waals surface area contributed by atoms with E-state index in [9.17, 15) is 14.7 Å². The number of carbonyl (C=O) groups is 2. The average Bonchev–Trinajstić information content (AvgIpc) is 2.94. The van der Waals surface area contributed by atoms with Gasteiger partial charge in [0.2, 0.25) is 5.88 Å². The van der Waals surface area contributed by atoms with Crippen molar-refractivity contribution in [3.05, 3.63) is 86.0 Å². The molecule has 1 atom stereocenters. The van der Waals surface area contributed by atoms with E-state index in [2.05, 4.69) is 4.98 Å². The van der Waals surface area contributed by atoms with E-state index in [0.29, 0.717) is 52.9 Å². The molecule has 3 heterocycles. The molecule has 2 aliphatic rings. The summed E-state index contributed by atoms with van der Waals surface area (Å²) in [7, 11) is 1.57. The molecule has 1 unspecified atom stereocenters. The lowest BCUT2D eigenvalue weighted by Gasteiger charge is -2.47. The number of aromatic nitrogens is 1. The van der Waals surface area contributed by atoms with Gasteiger partial charge in [0.15, 0.2) is 0 Å². The second-order valence-corrected chi connectivity index (χ2v) is 13.6. The number of ether oxygens (including phenoxy) is 3. The molecule has 45 heavy (non-hydrogen) atoms. The molecule has 2 amide bonds. The van der Waals surface area contributed by atoms with Crippen LogP contribution in [0.25, 0.3) is 0 Å². The fourth-order valence-corrected chi connectivity index (χ4v) is 6.43. The van der Waals surface area contributed by atoms with Gasteiger partial charge in [0.25, 0.3) is 5.91 Å². The molecule has 0 radical (unpaired) electrons. The SMILES string of the molecule is COc1cc(C)nc(OCc2ccccc2)c1CN1CCc2c(Cl)cc(C(C)(O)C3CN(C(=O)OC(C)(C)C)C3)c(Cl)c2C1=O. The van der Waals surface area contributed by atoms with Crippen molar-refractivity contribution in [3.63, 3.8) is 0 Å². The number of methoxy groups -OCH3 is 1. The van der Waals surface area contributed by atoms with Crippen LogP contribution in [0, 0.1) is 12.8 Å². The molecule has 0 spiro atoms. The Morgan fingerprint density at radius 3 is 2.44 bits per heavy atom. The second kappa shape index (κ2) is 12.7. The molecule has 2 aromatic carbocycles. The largest absolute Gasteiger partial charge is 0.496 e. The van der Waals surface area contributed by atoms with Crippen molar-refractivity contribution in [2.24, 2.45) is 5.92 Å². The van der Waals surface area contributed by atoms with Crippen molar-refractivity contribution in [3.8, 4) is 11.6 Å². The van der Waals surface area contributed by atoms with Crippen LogP contribution in [0.2, 0.25) is 10.0 Å². The summed E-state index contributed by atoms with van der Waals surface area (Å²) in [6.45, 7) is 10.3. The molecule has 9 nitrogen and oxygen atoms in total. The van der Waals surface area contributed by atoms with Crippen LogP contribution in [0.5, 0.6) is 11.6 Å². The van der Waals surface area contributed by atoms with Gasteiger partial charge >= 0.3 is 6.09 Å². The molecule has 1 fully saturated rings. The van der Waals surface area contributed by atoms with Crippen molar-refractivity contribution in [1.82, 2.24) is 14.8 Å². The zero-order chi connectivity index (χ0) is 32.7. The molecule has 3 aromatic rings. The van der Waals surface area contributed by atoms with Crippen molar-refractivity contribution < 1.29 is 28.9 Å². The van der Waals surface area contributed by atoms with Gasteiger partial charge in [-0.3, -0.25) is 4.79 Å². The maximum absolute atomic E-state index is 14.1. The summed E-state index contributed by atoms with van der Waals surface area (Å²) in [5.41, 5.74) is 1.50. The van der Waals surface area contributed by atoms with E-state index in [4.69, 9.17) is 37.4 Å². The fraction of sp³-hybridized carbons (Fsp3) is 0.441. The number of halogens is 2. The number of fused-ring (bicyclic) bond motifs is 1. The molecule has 0 aliphatic carbocycles. The number of rotatable bonds is 8. The van der Waals surface area contributed by atoms with E-state index in [-0.39, 0.29) is 42.0 Å². The van der Waals surface area contributed by atoms with Gasteiger partial charge in [-0.05, 0) is 58.2 Å². The standard InChI is InChI=1S/C34H39Cl2N3O6/c1-20-14-27(43-6)24(30(37-20)44-19-21-10-8-7-9-11-21)18-38-13-12-23-26(35)15-25(29(36)28(23)31(38)40)34(5,42)22-16-39(17-22)32(41)45-33(2,3)4/h7-11,14-15,22,42H,12-13,16-19H2,1-6H3. The summed E-state index contributed by atoms with van der Waals surface area (Å²) < 4.78 is 17.3. The highest BCUT2D eigenvalue weighted by atomic mass is 35.5. The minimum absolute atomic E-state index is 0.152. The summed E-state index contributed by atoms with van der Waals surface area (Å²) in [5.74, 6) is 0.291. The summed E-state index contributed by atoms with van der Waals surface area (Å²) in [5, 5.41) is 12.2. The summed E-state index contributed by atoms with van der Waals surface area (Å²) in [4.78, 5) is 34.4. The van der Waals surface area contributed by atoms with E-state index in [1.165, 1.54) is 4.90 Å². The lowest BCUT2D eigenvalue weighted by atomic mass is 9.77. The molecule has 1 N–H and O–H groups in total. The van der Waals surface area contributed by atoms with E-state index >= 15 is 0 Å². The third-order valence-electron chi connectivity index (χ3n) is 8.28. The first kappa shape index (κ1) is 32.9. The number of amides is 2. The number of aliphatic hydroxyl groups is 1. The van der Waals surface area contributed by atoms with Gasteiger partial charge in [0, 0.05) is 47.9 Å². The van der Waals surface area contributed by atoms with E-state index in [0.717, 1.165) is 11.3 Å². The van der Waals surface area contributed by atoms with Crippen LogP contribution in [-0.4, -0.2) is 64.2 Å². The van der Waals surface area contributed by atoms with Gasteiger partial charge in [-0.15, -0.1) is 0 Å². The third kappa shape index (κ3) is 6.86. The maximum atomic E-state index is 14.1. The number of nitrogens with zero attached hydrogens (tertiary/aromatic N) is 3. The molecular weight excluding hydrogens is 617 g/mol. The fourth-order valence-electron chi connectivity index (χ4n) is 5.69. The average molecular weight is 657 g/mol. The monoisotopic (exact) mass is 655 g/mol. The minimum Gasteiger partial charge on any atom is -0.496 e. The quantitative estimate of drug-likeness (QED) is 0.293. The van der Waals surface area contributed by atoms with Crippen LogP contribution in [0.3, 0.4) is 0 Å². The first-order chi connectivity index (χ1) is 21.2. The van der Waals surface area contributed by atoms with Gasteiger partial charge < -0.3 is 29.1 Å². The number of hydrogen-bond donors (Lipinski definition) is 1. The second-order valence-electron chi connectivity index (χ2n) is 12.8. The lowest BCUT2D eigenvalue weighted by Crippen LogP contribution is -2.58. The zero-order valence-corrected chi connectivity index (χ0v) is 28.0. The van der Waals surface area contributed by atoms with Crippen LogP contribution in [0.4, 0.5) is 4.79 Å². The van der Waals surface area contributed by atoms with E-state index in [1.807, 2.05) is 43.3 Å². The lowest BCUT2D eigenvalue weighted by molar-refractivity contribution is -0.0814. The highest BCUT2D eigenvalue weighted by Crippen LogP contribution is 2.44. The molecule has 240 valence electrons. The molecule has 5 rings (SSSR count). The van der Waals surface area contributed by atoms with Crippen molar-refractivity contribution in [1.29, 1.82) is 0 Å². The summed E-state index contributed by atoms with van der Waals surface area (Å²) >= 11 is 13.7. The molecule has 1 aromatic heterocycles. The number of benzene rings is 2. The zero-order valence-electron chi connectivity index (χ0n) is 26.4. The number of aryl methyl sites for hydroxylation is 1. The van der Waals surface area contributed by atoms with Crippen molar-refractivity contribution >= 4 is 35.2 Å². The number of carbonyl (C=O) groups excluding carboxylic acids is 2. The van der Waals surface area contributed by atoms with Crippen LogP contribution in [0.15, 0.2) is 42.5 Å².